The standard InChI is InChI=1S/C12H18N2O4S/c15-11(16)9-6-19-7-14(9)12(17)13-4-5-18-10-3-1-2-8(10)13/h8-10H,1-7H2,(H,15,16)/t8?,9-,10?/m0/s1. The predicted molar refractivity (Wildman–Crippen MR) is 70.1 cm³/mol. The molecule has 1 saturated carbocycles. The molecule has 3 fully saturated rings. The van der Waals surface area contributed by atoms with E-state index in [9.17, 15) is 9.59 Å². The van der Waals surface area contributed by atoms with Crippen molar-refractivity contribution in [2.75, 3.05) is 24.8 Å². The topological polar surface area (TPSA) is 70.1 Å². The second-order valence-electron chi connectivity index (χ2n) is 5.21. The number of aliphatic carboxylic acids is 1. The van der Waals surface area contributed by atoms with Crippen molar-refractivity contribution in [1.29, 1.82) is 0 Å². The molecular formula is C12H18N2O4S. The maximum Gasteiger partial charge on any atom is 0.327 e. The average Bonchev–Trinajstić information content (AvgIpc) is 3.05. The Kier molecular flexibility index (Phi) is 3.58. The normalized spacial score (nSPS) is 34.4. The van der Waals surface area contributed by atoms with E-state index in [0.717, 1.165) is 19.3 Å². The van der Waals surface area contributed by atoms with Gasteiger partial charge in [0.2, 0.25) is 0 Å². The van der Waals surface area contributed by atoms with Crippen molar-refractivity contribution in [2.24, 2.45) is 0 Å². The summed E-state index contributed by atoms with van der Waals surface area (Å²) in [7, 11) is 0. The van der Waals surface area contributed by atoms with E-state index in [1.54, 1.807) is 0 Å². The summed E-state index contributed by atoms with van der Waals surface area (Å²) >= 11 is 1.50. The van der Waals surface area contributed by atoms with Gasteiger partial charge < -0.3 is 19.6 Å². The van der Waals surface area contributed by atoms with Crippen molar-refractivity contribution in [3.8, 4) is 0 Å². The molecule has 3 rings (SSSR count). The van der Waals surface area contributed by atoms with E-state index in [0.29, 0.717) is 24.8 Å². The first-order chi connectivity index (χ1) is 9.18. The Labute approximate surface area is 116 Å². The number of urea groups is 1. The summed E-state index contributed by atoms with van der Waals surface area (Å²) in [6.45, 7) is 1.14. The molecule has 7 heteroatoms. The van der Waals surface area contributed by atoms with Gasteiger partial charge >= 0.3 is 12.0 Å². The highest BCUT2D eigenvalue weighted by Gasteiger charge is 2.43. The highest BCUT2D eigenvalue weighted by Crippen LogP contribution is 2.32. The molecule has 3 atom stereocenters. The number of thioether (sulfide) groups is 1. The molecule has 6 nitrogen and oxygen atoms in total. The zero-order valence-corrected chi connectivity index (χ0v) is 11.5. The molecule has 0 spiro atoms. The Morgan fingerprint density at radius 1 is 1.26 bits per heavy atom. The van der Waals surface area contributed by atoms with Crippen LogP contribution in [0.25, 0.3) is 0 Å². The number of carbonyl (C=O) groups is 2. The smallest absolute Gasteiger partial charge is 0.327 e. The number of rotatable bonds is 1. The highest BCUT2D eigenvalue weighted by atomic mass is 32.2. The van der Waals surface area contributed by atoms with E-state index in [1.807, 2.05) is 4.90 Å². The van der Waals surface area contributed by atoms with Crippen molar-refractivity contribution in [2.45, 2.75) is 37.5 Å². The fourth-order valence-corrected chi connectivity index (χ4v) is 4.30. The summed E-state index contributed by atoms with van der Waals surface area (Å²) < 4.78 is 5.69. The fraction of sp³-hybridized carbons (Fsp3) is 0.833. The van der Waals surface area contributed by atoms with Crippen LogP contribution in [-0.4, -0.2) is 69.9 Å². The van der Waals surface area contributed by atoms with E-state index in [1.165, 1.54) is 16.7 Å². The van der Waals surface area contributed by atoms with Crippen LogP contribution in [-0.2, 0) is 9.53 Å². The lowest BCUT2D eigenvalue weighted by Gasteiger charge is -2.40. The number of carboxylic acids is 1. The summed E-state index contributed by atoms with van der Waals surface area (Å²) in [6, 6.07) is -0.668. The van der Waals surface area contributed by atoms with Gasteiger partial charge in [-0.25, -0.2) is 9.59 Å². The van der Waals surface area contributed by atoms with Gasteiger partial charge in [0.15, 0.2) is 0 Å². The van der Waals surface area contributed by atoms with Crippen molar-refractivity contribution in [3.05, 3.63) is 0 Å². The lowest BCUT2D eigenvalue weighted by molar-refractivity contribution is -0.141. The number of amides is 2. The second kappa shape index (κ2) is 5.20. The molecule has 1 aliphatic carbocycles. The van der Waals surface area contributed by atoms with Crippen molar-refractivity contribution < 1.29 is 19.4 Å². The number of fused-ring (bicyclic) bond motifs is 1. The van der Waals surface area contributed by atoms with Crippen LogP contribution in [0.2, 0.25) is 0 Å². The van der Waals surface area contributed by atoms with Gasteiger partial charge in [-0.15, -0.1) is 11.8 Å². The van der Waals surface area contributed by atoms with Gasteiger partial charge in [-0.2, -0.15) is 0 Å². The second-order valence-corrected chi connectivity index (χ2v) is 6.21. The Bertz CT molecular complexity index is 392. The van der Waals surface area contributed by atoms with E-state index in [-0.39, 0.29) is 18.2 Å². The fourth-order valence-electron chi connectivity index (χ4n) is 3.16. The molecule has 0 bridgehead atoms. The third kappa shape index (κ3) is 2.29. The molecule has 2 amide bonds. The zero-order valence-electron chi connectivity index (χ0n) is 10.7. The SMILES string of the molecule is O=C(O)[C@@H]1CSCN1C(=O)N1CCOC2CCCC21. The minimum absolute atomic E-state index is 0.127. The lowest BCUT2D eigenvalue weighted by atomic mass is 10.1. The molecule has 2 unspecified atom stereocenters. The number of ether oxygens (including phenoxy) is 1. The molecular weight excluding hydrogens is 268 g/mol. The van der Waals surface area contributed by atoms with E-state index < -0.39 is 12.0 Å². The monoisotopic (exact) mass is 286 g/mol. The Morgan fingerprint density at radius 3 is 2.89 bits per heavy atom. The maximum atomic E-state index is 12.6. The Balaban J connectivity index is 1.74. The highest BCUT2D eigenvalue weighted by molar-refractivity contribution is 7.99. The van der Waals surface area contributed by atoms with Gasteiger partial charge in [0.25, 0.3) is 0 Å². The first kappa shape index (κ1) is 13.1. The molecule has 0 aromatic rings. The van der Waals surface area contributed by atoms with Crippen LogP contribution in [0, 0.1) is 0 Å². The van der Waals surface area contributed by atoms with Gasteiger partial charge in [-0.3, -0.25) is 0 Å². The van der Waals surface area contributed by atoms with E-state index in [2.05, 4.69) is 0 Å². The number of hydrogen-bond donors (Lipinski definition) is 1. The van der Waals surface area contributed by atoms with E-state index >= 15 is 0 Å². The molecule has 0 radical (unpaired) electrons. The maximum absolute atomic E-state index is 12.6. The molecule has 0 aromatic heterocycles. The van der Waals surface area contributed by atoms with Gasteiger partial charge in [-0.05, 0) is 19.3 Å². The molecule has 1 N–H and O–H groups in total. The zero-order chi connectivity index (χ0) is 13.4. The molecule has 2 saturated heterocycles. The van der Waals surface area contributed by atoms with Crippen molar-refractivity contribution in [1.82, 2.24) is 9.80 Å². The minimum atomic E-state index is -0.908. The molecule has 19 heavy (non-hydrogen) atoms. The number of carbonyl (C=O) groups excluding carboxylic acids is 1. The lowest BCUT2D eigenvalue weighted by Crippen LogP contribution is -2.57. The first-order valence-electron chi connectivity index (χ1n) is 6.68. The summed E-state index contributed by atoms with van der Waals surface area (Å²) in [5.41, 5.74) is 0. The van der Waals surface area contributed by atoms with Crippen molar-refractivity contribution in [3.63, 3.8) is 0 Å². The molecule has 3 aliphatic rings. The third-order valence-electron chi connectivity index (χ3n) is 4.14. The largest absolute Gasteiger partial charge is 0.480 e. The van der Waals surface area contributed by atoms with Crippen LogP contribution >= 0.6 is 11.8 Å². The molecule has 0 aromatic carbocycles. The Hall–Kier alpha value is -0.950. The van der Waals surface area contributed by atoms with Crippen LogP contribution in [0.5, 0.6) is 0 Å². The van der Waals surface area contributed by atoms with Crippen LogP contribution in [0.3, 0.4) is 0 Å². The first-order valence-corrected chi connectivity index (χ1v) is 7.83. The average molecular weight is 286 g/mol. The summed E-state index contributed by atoms with van der Waals surface area (Å²) in [5.74, 6) is 0.0546. The van der Waals surface area contributed by atoms with Crippen LogP contribution in [0.1, 0.15) is 19.3 Å². The summed E-state index contributed by atoms with van der Waals surface area (Å²) in [4.78, 5) is 27.1. The number of carboxylic acid groups (broad SMARTS) is 1. The quantitative estimate of drug-likeness (QED) is 0.773. The van der Waals surface area contributed by atoms with Gasteiger partial charge in [0, 0.05) is 12.3 Å². The number of hydrogen-bond acceptors (Lipinski definition) is 4. The van der Waals surface area contributed by atoms with Gasteiger partial charge in [0.05, 0.1) is 24.6 Å². The summed E-state index contributed by atoms with van der Waals surface area (Å²) in [5, 5.41) is 9.17. The molecule has 2 aliphatic heterocycles. The van der Waals surface area contributed by atoms with Crippen molar-refractivity contribution >= 4 is 23.8 Å². The van der Waals surface area contributed by atoms with Crippen LogP contribution < -0.4 is 0 Å². The van der Waals surface area contributed by atoms with Crippen LogP contribution in [0.15, 0.2) is 0 Å². The molecule has 106 valence electrons. The number of nitrogens with zero attached hydrogens (tertiary/aromatic N) is 2. The van der Waals surface area contributed by atoms with Crippen LogP contribution in [0.4, 0.5) is 4.79 Å². The third-order valence-corrected chi connectivity index (χ3v) is 5.15. The van der Waals surface area contributed by atoms with E-state index in [4.69, 9.17) is 9.84 Å². The summed E-state index contributed by atoms with van der Waals surface area (Å²) in [6.07, 6.45) is 3.20. The van der Waals surface area contributed by atoms with Gasteiger partial charge in [-0.1, -0.05) is 0 Å². The number of morpholine rings is 1. The predicted octanol–water partition coefficient (Wildman–Crippen LogP) is 0.819. The molecule has 2 heterocycles. The van der Waals surface area contributed by atoms with Gasteiger partial charge in [0.1, 0.15) is 6.04 Å². The Morgan fingerprint density at radius 2 is 2.11 bits per heavy atom. The minimum Gasteiger partial charge on any atom is -0.480 e.